The lowest BCUT2D eigenvalue weighted by atomic mass is 9.77. The summed E-state index contributed by atoms with van der Waals surface area (Å²) < 4.78 is 54.0. The second kappa shape index (κ2) is 12.4. The summed E-state index contributed by atoms with van der Waals surface area (Å²) in [6.07, 6.45) is -2.14. The molecule has 1 saturated heterocycles. The molecule has 1 aromatic heterocycles. The van der Waals surface area contributed by atoms with Crippen LogP contribution in [0, 0.1) is 23.2 Å². The molecule has 1 aromatic carbocycles. The fourth-order valence-corrected chi connectivity index (χ4v) is 6.82. The molecule has 43 heavy (non-hydrogen) atoms. The molecule has 5 rings (SSSR count). The number of carbonyl (C=O) groups excluding carboxylic acids is 3. The molecule has 2 aromatic rings. The van der Waals surface area contributed by atoms with Crippen LogP contribution in [-0.4, -0.2) is 64.4 Å². The van der Waals surface area contributed by atoms with Crippen LogP contribution in [0.15, 0.2) is 18.2 Å². The van der Waals surface area contributed by atoms with Crippen molar-refractivity contribution in [2.45, 2.75) is 110 Å². The maximum Gasteiger partial charge on any atom is 0.307 e. The summed E-state index contributed by atoms with van der Waals surface area (Å²) in [5.41, 5.74) is -0.981. The molecule has 234 valence electrons. The smallest absolute Gasteiger partial charge is 0.307 e. The fraction of sp³-hybridized carbons (Fsp3) is 0.676. The van der Waals surface area contributed by atoms with Gasteiger partial charge < -0.3 is 23.9 Å². The molecule has 0 N–H and O–H groups in total. The highest BCUT2D eigenvalue weighted by Crippen LogP contribution is 2.43. The lowest BCUT2D eigenvalue weighted by molar-refractivity contribution is -0.167. The molecule has 2 aliphatic heterocycles. The minimum Gasteiger partial charge on any atom is -0.497 e. The zero-order valence-corrected chi connectivity index (χ0v) is 26.1. The predicted octanol–water partition coefficient (Wildman–Crippen LogP) is 5.70. The molecule has 1 unspecified atom stereocenters. The van der Waals surface area contributed by atoms with E-state index in [4.69, 9.17) is 19.7 Å². The third-order valence-electron chi connectivity index (χ3n) is 9.60. The van der Waals surface area contributed by atoms with Crippen LogP contribution < -0.4 is 9.47 Å². The van der Waals surface area contributed by atoms with E-state index in [2.05, 4.69) is 9.97 Å². The Labute approximate surface area is 260 Å². The van der Waals surface area contributed by atoms with Gasteiger partial charge in [-0.05, 0) is 68.8 Å². The summed E-state index contributed by atoms with van der Waals surface area (Å²) in [6, 6.07) is 4.07. The van der Waals surface area contributed by atoms with Gasteiger partial charge in [0.2, 0.25) is 11.8 Å². The zero-order valence-electron chi connectivity index (χ0n) is 30.1. The second-order valence-corrected chi connectivity index (χ2v) is 13.6. The first-order valence-electron chi connectivity index (χ1n) is 17.4. The number of hydrogen-bond donors (Lipinski definition) is 0. The molecule has 0 spiro atoms. The van der Waals surface area contributed by atoms with Crippen LogP contribution in [0.1, 0.15) is 97.1 Å². The normalized spacial score (nSPS) is 34.7. The molecule has 3 aliphatic rings. The molecule has 2 fully saturated rings. The van der Waals surface area contributed by atoms with Gasteiger partial charge >= 0.3 is 5.97 Å². The van der Waals surface area contributed by atoms with Gasteiger partial charge in [-0.15, -0.1) is 0 Å². The van der Waals surface area contributed by atoms with Crippen molar-refractivity contribution in [1.29, 1.82) is 0 Å². The maximum absolute atomic E-state index is 14.2. The summed E-state index contributed by atoms with van der Waals surface area (Å²) in [5, 5.41) is 0. The highest BCUT2D eigenvalue weighted by Gasteiger charge is 2.48. The van der Waals surface area contributed by atoms with E-state index in [1.165, 1.54) is 12.0 Å². The van der Waals surface area contributed by atoms with Crippen molar-refractivity contribution >= 4 is 29.2 Å². The van der Waals surface area contributed by atoms with Gasteiger partial charge in [-0.2, -0.15) is 0 Å². The van der Waals surface area contributed by atoms with Crippen molar-refractivity contribution in [3.8, 4) is 11.6 Å². The minimum absolute atomic E-state index is 0.0159. The number of nitrogens with zero attached hydrogens (tertiary/aromatic N) is 3. The van der Waals surface area contributed by atoms with E-state index in [1.54, 1.807) is 25.1 Å². The van der Waals surface area contributed by atoms with E-state index >= 15 is 0 Å². The van der Waals surface area contributed by atoms with Crippen LogP contribution in [0.5, 0.6) is 11.6 Å². The number of benzene rings is 1. The molecule has 9 heteroatoms. The van der Waals surface area contributed by atoms with Crippen LogP contribution in [0.4, 0.5) is 0 Å². The SMILES string of the molecule is [2H]C1([2H])CCC[C@@H]2CCC[C@@]2(C)OC(=O)C[C@@H](C(C)(C)C)C(=O)N2C[C@H](Oc3nc4cc(OC)ccc4nc3C1([2H])[2H])[C@@H](C)C2C=O. The molecule has 6 atom stereocenters. The van der Waals surface area contributed by atoms with Gasteiger partial charge in [0, 0.05) is 17.5 Å². The Bertz CT molecular complexity index is 1530. The number of rotatable bonds is 2. The standard InChI is InChI=1S/C34H47N3O6/c1-21-28(20-38)37-19-29(21)42-31-26(35-25-15-14-23(41-6)17-27(25)36-31)13-9-7-8-11-22-12-10-16-34(22,5)43-30(39)18-24(32(37)40)33(2,3)4/h14-15,17,20-22,24,28-29H,7-13,16,18-19H2,1-6H3/t21-,22+,24+,28?,29-,34+/m0/s1/i9D2,13D2. The number of aromatic nitrogens is 2. The van der Waals surface area contributed by atoms with Crippen molar-refractivity contribution in [1.82, 2.24) is 14.9 Å². The first-order valence-corrected chi connectivity index (χ1v) is 15.4. The van der Waals surface area contributed by atoms with E-state index in [-0.39, 0.29) is 42.8 Å². The monoisotopic (exact) mass is 597 g/mol. The van der Waals surface area contributed by atoms with Gasteiger partial charge in [-0.25, -0.2) is 9.97 Å². The van der Waals surface area contributed by atoms with Gasteiger partial charge in [-0.3, -0.25) is 9.59 Å². The molecular weight excluding hydrogens is 546 g/mol. The highest BCUT2D eigenvalue weighted by molar-refractivity contribution is 5.87. The van der Waals surface area contributed by atoms with Crippen molar-refractivity contribution in [3.05, 3.63) is 23.9 Å². The molecule has 1 aliphatic carbocycles. The van der Waals surface area contributed by atoms with Crippen molar-refractivity contribution in [2.75, 3.05) is 13.7 Å². The molecule has 2 bridgehead atoms. The number of methoxy groups -OCH3 is 1. The van der Waals surface area contributed by atoms with E-state index < -0.39 is 53.7 Å². The van der Waals surface area contributed by atoms with Crippen molar-refractivity contribution < 1.29 is 34.1 Å². The molecule has 1 amide bonds. The van der Waals surface area contributed by atoms with Crippen LogP contribution in [-0.2, 0) is 25.5 Å². The first kappa shape index (κ1) is 26.2. The van der Waals surface area contributed by atoms with Crippen LogP contribution in [0.2, 0.25) is 0 Å². The first-order chi connectivity index (χ1) is 21.9. The van der Waals surface area contributed by atoms with Crippen LogP contribution in [0.3, 0.4) is 0 Å². The summed E-state index contributed by atoms with van der Waals surface area (Å²) in [4.78, 5) is 50.9. The largest absolute Gasteiger partial charge is 0.497 e. The Hall–Kier alpha value is -3.23. The highest BCUT2D eigenvalue weighted by atomic mass is 16.6. The van der Waals surface area contributed by atoms with Gasteiger partial charge in [0.15, 0.2) is 0 Å². The molecule has 9 nitrogen and oxygen atoms in total. The quantitative estimate of drug-likeness (QED) is 0.320. The lowest BCUT2D eigenvalue weighted by Gasteiger charge is -2.36. The summed E-state index contributed by atoms with van der Waals surface area (Å²) in [6.45, 7) is 9.32. The average molecular weight is 598 g/mol. The molecule has 3 heterocycles. The zero-order chi connectivity index (χ0) is 34.5. The van der Waals surface area contributed by atoms with Gasteiger partial charge in [-0.1, -0.05) is 40.5 Å². The Kier molecular flexibility index (Phi) is 7.56. The van der Waals surface area contributed by atoms with E-state index in [0.717, 1.165) is 12.8 Å². The maximum atomic E-state index is 14.2. The van der Waals surface area contributed by atoms with Crippen molar-refractivity contribution in [2.24, 2.45) is 23.2 Å². The average Bonchev–Trinajstić information content (AvgIpc) is 3.51. The van der Waals surface area contributed by atoms with E-state index in [9.17, 15) is 14.4 Å². The summed E-state index contributed by atoms with van der Waals surface area (Å²) in [7, 11) is 1.51. The summed E-state index contributed by atoms with van der Waals surface area (Å²) >= 11 is 0. The summed E-state index contributed by atoms with van der Waals surface area (Å²) in [5.74, 6) is -1.86. The third-order valence-corrected chi connectivity index (χ3v) is 9.60. The number of aldehydes is 1. The number of esters is 1. The van der Waals surface area contributed by atoms with E-state index in [1.807, 2.05) is 27.7 Å². The number of ether oxygens (including phenoxy) is 3. The minimum atomic E-state index is -2.63. The second-order valence-electron chi connectivity index (χ2n) is 13.6. The Balaban J connectivity index is 1.63. The Morgan fingerprint density at radius 3 is 2.63 bits per heavy atom. The topological polar surface area (TPSA) is 108 Å². The van der Waals surface area contributed by atoms with E-state index in [0.29, 0.717) is 42.3 Å². The molecule has 1 saturated carbocycles. The number of carbonyl (C=O) groups is 3. The Morgan fingerprint density at radius 1 is 1.14 bits per heavy atom. The Morgan fingerprint density at radius 2 is 1.91 bits per heavy atom. The van der Waals surface area contributed by atoms with Gasteiger partial charge in [0.25, 0.3) is 0 Å². The van der Waals surface area contributed by atoms with Gasteiger partial charge in [0.1, 0.15) is 29.4 Å². The van der Waals surface area contributed by atoms with Crippen LogP contribution >= 0.6 is 0 Å². The van der Waals surface area contributed by atoms with Crippen molar-refractivity contribution in [3.63, 3.8) is 0 Å². The number of hydrogen-bond acceptors (Lipinski definition) is 8. The molecule has 0 radical (unpaired) electrons. The number of fused-ring (bicyclic) bond motifs is 5. The number of amides is 1. The third kappa shape index (κ3) is 6.50. The van der Waals surface area contributed by atoms with Gasteiger partial charge in [0.05, 0.1) is 43.1 Å². The lowest BCUT2D eigenvalue weighted by Crippen LogP contribution is -2.47. The molecular formula is C34H47N3O6. The number of aryl methyl sites for hydroxylation is 1. The predicted molar refractivity (Wildman–Crippen MR) is 163 cm³/mol. The fourth-order valence-electron chi connectivity index (χ4n) is 6.82. The van der Waals surface area contributed by atoms with Crippen LogP contribution in [0.25, 0.3) is 11.0 Å².